The maximum absolute atomic E-state index is 11.3. The van der Waals surface area contributed by atoms with E-state index in [-0.39, 0.29) is 11.6 Å². The monoisotopic (exact) mass is 406 g/mol. The summed E-state index contributed by atoms with van der Waals surface area (Å²) in [5.74, 6) is 1.72. The summed E-state index contributed by atoms with van der Waals surface area (Å²) in [6.45, 7) is 0. The van der Waals surface area contributed by atoms with Gasteiger partial charge in [-0.15, -0.1) is 0 Å². The van der Waals surface area contributed by atoms with E-state index < -0.39 is 11.6 Å². The van der Waals surface area contributed by atoms with Gasteiger partial charge < -0.3 is 29.6 Å². The SMILES string of the molecule is COc1cc(OC)cc(N2C(=N)C(c3nc4ccccc4[nH]3)=C(O)C23CC(O)C3)c1. The fourth-order valence-electron chi connectivity index (χ4n) is 4.47. The fraction of sp³-hybridized carbons (Fsp3) is 0.273. The van der Waals surface area contributed by atoms with Gasteiger partial charge in [0.1, 0.15) is 34.5 Å². The quantitative estimate of drug-likeness (QED) is 0.529. The highest BCUT2D eigenvalue weighted by Gasteiger charge is 2.59. The predicted molar refractivity (Wildman–Crippen MR) is 113 cm³/mol. The number of methoxy groups -OCH3 is 2. The number of aromatic nitrogens is 2. The number of aromatic amines is 1. The zero-order valence-corrected chi connectivity index (χ0v) is 16.6. The minimum absolute atomic E-state index is 0.0404. The Labute approximate surface area is 172 Å². The van der Waals surface area contributed by atoms with E-state index in [1.54, 1.807) is 37.3 Å². The number of nitrogens with one attached hydrogen (secondary N) is 2. The lowest BCUT2D eigenvalue weighted by atomic mass is 9.72. The van der Waals surface area contributed by atoms with Gasteiger partial charge in [0.25, 0.3) is 0 Å². The van der Waals surface area contributed by atoms with Crippen molar-refractivity contribution in [3.8, 4) is 11.5 Å². The third kappa shape index (κ3) is 2.50. The molecule has 30 heavy (non-hydrogen) atoms. The Morgan fingerprint density at radius 3 is 2.40 bits per heavy atom. The number of benzene rings is 2. The number of nitrogens with zero attached hydrogens (tertiary/aromatic N) is 2. The van der Waals surface area contributed by atoms with Crippen molar-refractivity contribution in [3.63, 3.8) is 0 Å². The number of H-pyrrole nitrogens is 1. The van der Waals surface area contributed by atoms with Crippen LogP contribution in [0.2, 0.25) is 0 Å². The molecule has 1 spiro atoms. The Balaban J connectivity index is 1.66. The summed E-state index contributed by atoms with van der Waals surface area (Å²) >= 11 is 0. The van der Waals surface area contributed by atoms with Gasteiger partial charge in [-0.2, -0.15) is 0 Å². The van der Waals surface area contributed by atoms with E-state index in [0.717, 1.165) is 11.0 Å². The molecule has 5 rings (SSSR count). The molecular formula is C22H22N4O4. The van der Waals surface area contributed by atoms with E-state index in [1.807, 2.05) is 24.3 Å². The van der Waals surface area contributed by atoms with Crippen molar-refractivity contribution in [2.24, 2.45) is 0 Å². The van der Waals surface area contributed by atoms with Gasteiger partial charge in [-0.1, -0.05) is 12.1 Å². The van der Waals surface area contributed by atoms with Crippen LogP contribution in [-0.4, -0.2) is 51.9 Å². The molecule has 4 N–H and O–H groups in total. The van der Waals surface area contributed by atoms with E-state index in [9.17, 15) is 10.2 Å². The lowest BCUT2D eigenvalue weighted by Crippen LogP contribution is -2.59. The minimum Gasteiger partial charge on any atom is -0.509 e. The van der Waals surface area contributed by atoms with Gasteiger partial charge >= 0.3 is 0 Å². The Morgan fingerprint density at radius 1 is 1.13 bits per heavy atom. The Hall–Kier alpha value is -3.52. The second-order valence-corrected chi connectivity index (χ2v) is 7.67. The van der Waals surface area contributed by atoms with E-state index in [0.29, 0.717) is 41.4 Å². The third-order valence-corrected chi connectivity index (χ3v) is 5.93. The number of fused-ring (bicyclic) bond motifs is 1. The van der Waals surface area contributed by atoms with Gasteiger partial charge in [0.2, 0.25) is 0 Å². The van der Waals surface area contributed by atoms with Crippen LogP contribution >= 0.6 is 0 Å². The van der Waals surface area contributed by atoms with Crippen LogP contribution in [0.5, 0.6) is 11.5 Å². The molecule has 2 heterocycles. The van der Waals surface area contributed by atoms with Crippen molar-refractivity contribution < 1.29 is 19.7 Å². The van der Waals surface area contributed by atoms with E-state index in [4.69, 9.17) is 14.9 Å². The number of para-hydroxylation sites is 2. The molecule has 2 aliphatic rings. The highest BCUT2D eigenvalue weighted by molar-refractivity contribution is 6.31. The molecule has 0 radical (unpaired) electrons. The van der Waals surface area contributed by atoms with E-state index in [1.165, 1.54) is 0 Å². The predicted octanol–water partition coefficient (Wildman–Crippen LogP) is 3.24. The second kappa shape index (κ2) is 6.50. The Morgan fingerprint density at radius 2 is 1.80 bits per heavy atom. The number of anilines is 1. The van der Waals surface area contributed by atoms with Crippen molar-refractivity contribution in [3.05, 3.63) is 54.0 Å². The first-order valence-electron chi connectivity index (χ1n) is 9.66. The standard InChI is InChI=1S/C22H22N4O4/c1-29-14-7-12(8-15(9-14)30-2)26-20(23)18(19(28)22(26)10-13(27)11-22)21-24-16-5-3-4-6-17(16)25-21/h3-9,13,23,27-28H,10-11H2,1-2H3,(H,24,25). The second-order valence-electron chi connectivity index (χ2n) is 7.67. The molecule has 1 aliphatic heterocycles. The average molecular weight is 406 g/mol. The van der Waals surface area contributed by atoms with E-state index >= 15 is 0 Å². The third-order valence-electron chi connectivity index (χ3n) is 5.93. The van der Waals surface area contributed by atoms with Crippen LogP contribution in [0, 0.1) is 5.41 Å². The number of hydrogen-bond acceptors (Lipinski definition) is 6. The van der Waals surface area contributed by atoms with Crippen LogP contribution in [0.1, 0.15) is 18.7 Å². The van der Waals surface area contributed by atoms with Gasteiger partial charge in [-0.3, -0.25) is 5.41 Å². The molecule has 1 aliphatic carbocycles. The summed E-state index contributed by atoms with van der Waals surface area (Å²) < 4.78 is 10.8. The van der Waals surface area contributed by atoms with Crippen molar-refractivity contribution in [2.45, 2.75) is 24.5 Å². The van der Waals surface area contributed by atoms with Crippen LogP contribution in [0.4, 0.5) is 5.69 Å². The fourth-order valence-corrected chi connectivity index (χ4v) is 4.47. The number of ether oxygens (including phenoxy) is 2. The molecule has 8 nitrogen and oxygen atoms in total. The van der Waals surface area contributed by atoms with Gasteiger partial charge in [-0.05, 0) is 12.1 Å². The minimum atomic E-state index is -0.901. The molecule has 0 unspecified atom stereocenters. The van der Waals surface area contributed by atoms with Crippen molar-refractivity contribution >= 4 is 28.1 Å². The number of hydrogen-bond donors (Lipinski definition) is 4. The normalized spacial score (nSPS) is 23.4. The highest BCUT2D eigenvalue weighted by Crippen LogP contribution is 2.53. The number of amidine groups is 1. The molecule has 1 saturated carbocycles. The molecular weight excluding hydrogens is 384 g/mol. The maximum Gasteiger partial charge on any atom is 0.145 e. The van der Waals surface area contributed by atoms with Gasteiger partial charge in [0.15, 0.2) is 0 Å². The maximum atomic E-state index is 11.3. The Kier molecular flexibility index (Phi) is 4.01. The van der Waals surface area contributed by atoms with Crippen molar-refractivity contribution in [1.29, 1.82) is 5.41 Å². The Bertz CT molecular complexity index is 1140. The summed E-state index contributed by atoms with van der Waals surface area (Å²) in [4.78, 5) is 9.52. The summed E-state index contributed by atoms with van der Waals surface area (Å²) in [6.07, 6.45) is 0.0690. The molecule has 0 bridgehead atoms. The molecule has 154 valence electrons. The smallest absolute Gasteiger partial charge is 0.145 e. The van der Waals surface area contributed by atoms with Crippen LogP contribution in [0.3, 0.4) is 0 Å². The largest absolute Gasteiger partial charge is 0.509 e. The zero-order chi connectivity index (χ0) is 21.0. The molecule has 0 amide bonds. The molecule has 8 heteroatoms. The summed E-state index contributed by atoms with van der Waals surface area (Å²) in [7, 11) is 3.12. The van der Waals surface area contributed by atoms with Crippen LogP contribution in [0.15, 0.2) is 48.2 Å². The molecule has 0 atom stereocenters. The van der Waals surface area contributed by atoms with Crippen LogP contribution in [0.25, 0.3) is 16.6 Å². The lowest BCUT2D eigenvalue weighted by Gasteiger charge is -2.49. The van der Waals surface area contributed by atoms with Crippen LogP contribution in [-0.2, 0) is 0 Å². The van der Waals surface area contributed by atoms with Gasteiger partial charge in [-0.25, -0.2) is 4.98 Å². The van der Waals surface area contributed by atoms with Crippen molar-refractivity contribution in [2.75, 3.05) is 19.1 Å². The highest BCUT2D eigenvalue weighted by atomic mass is 16.5. The molecule has 1 fully saturated rings. The van der Waals surface area contributed by atoms with E-state index in [2.05, 4.69) is 9.97 Å². The number of imidazole rings is 1. The zero-order valence-electron chi connectivity index (χ0n) is 16.6. The molecule has 0 saturated heterocycles. The summed E-state index contributed by atoms with van der Waals surface area (Å²) in [5, 5.41) is 30.3. The topological polar surface area (TPSA) is 115 Å². The molecule has 2 aromatic carbocycles. The first kappa shape index (κ1) is 18.5. The van der Waals surface area contributed by atoms with Gasteiger partial charge in [0.05, 0.1) is 42.6 Å². The average Bonchev–Trinajstić information content (AvgIpc) is 3.24. The summed E-state index contributed by atoms with van der Waals surface area (Å²) in [6, 6.07) is 12.9. The number of aliphatic hydroxyl groups is 2. The first-order chi connectivity index (χ1) is 14.5. The number of rotatable bonds is 4. The summed E-state index contributed by atoms with van der Waals surface area (Å²) in [5.41, 5.74) is 1.65. The molecule has 1 aromatic heterocycles. The lowest BCUT2D eigenvalue weighted by molar-refractivity contribution is 0.0257. The number of aliphatic hydroxyl groups excluding tert-OH is 2. The van der Waals surface area contributed by atoms with Crippen molar-refractivity contribution in [1.82, 2.24) is 9.97 Å². The molecule has 3 aromatic rings. The van der Waals surface area contributed by atoms with Crippen LogP contribution < -0.4 is 14.4 Å². The van der Waals surface area contributed by atoms with Gasteiger partial charge in [0, 0.05) is 31.0 Å². The first-order valence-corrected chi connectivity index (χ1v) is 9.66.